The van der Waals surface area contributed by atoms with E-state index in [1.165, 1.54) is 30.7 Å². The Morgan fingerprint density at radius 1 is 1.08 bits per heavy atom. The van der Waals surface area contributed by atoms with Gasteiger partial charge in [-0.3, -0.25) is 4.79 Å². The van der Waals surface area contributed by atoms with E-state index < -0.39 is 11.7 Å². The Morgan fingerprint density at radius 3 is 2.52 bits per heavy atom. The zero-order valence-electron chi connectivity index (χ0n) is 12.5. The van der Waals surface area contributed by atoms with Crippen LogP contribution in [-0.4, -0.2) is 15.9 Å². The summed E-state index contributed by atoms with van der Waals surface area (Å²) in [5, 5.41) is 3.12. The van der Waals surface area contributed by atoms with Crippen LogP contribution in [0.2, 0.25) is 10.0 Å². The van der Waals surface area contributed by atoms with Crippen molar-refractivity contribution < 1.29 is 13.9 Å². The fourth-order valence-corrected chi connectivity index (χ4v) is 2.48. The molecule has 0 unspecified atom stereocenters. The van der Waals surface area contributed by atoms with E-state index in [0.29, 0.717) is 0 Å². The Balaban J connectivity index is 1.90. The summed E-state index contributed by atoms with van der Waals surface area (Å²) in [5.74, 6) is -1.34. The van der Waals surface area contributed by atoms with Gasteiger partial charge in [-0.2, -0.15) is 0 Å². The maximum Gasteiger partial charge on any atom is 0.262 e. The molecule has 0 atom stereocenters. The lowest BCUT2D eigenvalue weighted by atomic mass is 10.2. The average Bonchev–Trinajstić information content (AvgIpc) is 2.60. The van der Waals surface area contributed by atoms with Gasteiger partial charge in [-0.15, -0.1) is 0 Å². The second kappa shape index (κ2) is 7.46. The second-order valence-corrected chi connectivity index (χ2v) is 5.64. The number of carbonyl (C=O) groups is 1. The highest BCUT2D eigenvalue weighted by molar-refractivity contribution is 6.40. The fraction of sp³-hybridized carbons (Fsp3) is 0. The molecule has 1 N–H and O–H groups in total. The number of amides is 1. The maximum atomic E-state index is 13.8. The number of halogens is 3. The van der Waals surface area contributed by atoms with Crippen molar-refractivity contribution in [3.8, 4) is 11.6 Å². The number of ether oxygens (including phenoxy) is 1. The highest BCUT2D eigenvalue weighted by atomic mass is 35.5. The van der Waals surface area contributed by atoms with Gasteiger partial charge in [0.25, 0.3) is 5.91 Å². The van der Waals surface area contributed by atoms with Crippen molar-refractivity contribution in [2.45, 2.75) is 0 Å². The van der Waals surface area contributed by atoms with E-state index in [-0.39, 0.29) is 32.9 Å². The fourth-order valence-electron chi connectivity index (χ4n) is 1.99. The summed E-state index contributed by atoms with van der Waals surface area (Å²) in [4.78, 5) is 20.2. The first kappa shape index (κ1) is 17.1. The van der Waals surface area contributed by atoms with E-state index >= 15 is 0 Å². The van der Waals surface area contributed by atoms with Gasteiger partial charge < -0.3 is 10.1 Å². The molecule has 2 aromatic carbocycles. The predicted molar refractivity (Wildman–Crippen MR) is 92.9 cm³/mol. The van der Waals surface area contributed by atoms with E-state index in [1.54, 1.807) is 24.3 Å². The molecule has 1 heterocycles. The van der Waals surface area contributed by atoms with Crippen LogP contribution in [0.5, 0.6) is 11.6 Å². The molecular formula is C17H10Cl2FN3O2. The van der Waals surface area contributed by atoms with Crippen LogP contribution >= 0.6 is 23.2 Å². The molecule has 3 rings (SSSR count). The Bertz CT molecular complexity index is 917. The lowest BCUT2D eigenvalue weighted by Crippen LogP contribution is -2.15. The zero-order chi connectivity index (χ0) is 17.8. The molecule has 8 heteroatoms. The smallest absolute Gasteiger partial charge is 0.262 e. The highest BCUT2D eigenvalue weighted by Crippen LogP contribution is 2.31. The van der Waals surface area contributed by atoms with Crippen molar-refractivity contribution in [1.82, 2.24) is 9.97 Å². The monoisotopic (exact) mass is 377 g/mol. The van der Waals surface area contributed by atoms with E-state index in [2.05, 4.69) is 15.3 Å². The first-order valence-electron chi connectivity index (χ1n) is 7.04. The van der Waals surface area contributed by atoms with Crippen molar-refractivity contribution in [3.63, 3.8) is 0 Å². The number of carbonyl (C=O) groups excluding carboxylic acids is 1. The molecule has 25 heavy (non-hydrogen) atoms. The van der Waals surface area contributed by atoms with Crippen molar-refractivity contribution in [2.75, 3.05) is 5.32 Å². The number of hydrogen-bond donors (Lipinski definition) is 1. The van der Waals surface area contributed by atoms with E-state index in [4.69, 9.17) is 27.9 Å². The van der Waals surface area contributed by atoms with Gasteiger partial charge in [0.2, 0.25) is 5.88 Å². The van der Waals surface area contributed by atoms with Crippen LogP contribution in [-0.2, 0) is 0 Å². The summed E-state index contributed by atoms with van der Waals surface area (Å²) >= 11 is 12.1. The van der Waals surface area contributed by atoms with E-state index in [9.17, 15) is 9.18 Å². The van der Waals surface area contributed by atoms with Gasteiger partial charge in [0.15, 0.2) is 11.6 Å². The van der Waals surface area contributed by atoms with Crippen LogP contribution in [0, 0.1) is 5.82 Å². The summed E-state index contributed by atoms with van der Waals surface area (Å²) in [7, 11) is 0. The Morgan fingerprint density at radius 2 is 1.80 bits per heavy atom. The Labute approximate surface area is 152 Å². The predicted octanol–water partition coefficient (Wildman–Crippen LogP) is 4.97. The number of hydrogen-bond acceptors (Lipinski definition) is 4. The molecule has 0 aliphatic rings. The summed E-state index contributed by atoms with van der Waals surface area (Å²) in [6.45, 7) is 0. The summed E-state index contributed by atoms with van der Waals surface area (Å²) in [5.41, 5.74) is 0.248. The summed E-state index contributed by atoms with van der Waals surface area (Å²) in [6.07, 6.45) is 2.44. The third-order valence-electron chi connectivity index (χ3n) is 3.16. The minimum absolute atomic E-state index is 0.00161. The quantitative estimate of drug-likeness (QED) is 0.697. The van der Waals surface area contributed by atoms with Crippen LogP contribution < -0.4 is 10.1 Å². The molecule has 0 aliphatic heterocycles. The molecule has 5 nitrogen and oxygen atoms in total. The number of nitrogens with one attached hydrogen (secondary N) is 1. The highest BCUT2D eigenvalue weighted by Gasteiger charge is 2.18. The average molecular weight is 378 g/mol. The normalized spacial score (nSPS) is 10.4. The van der Waals surface area contributed by atoms with Crippen molar-refractivity contribution in [3.05, 3.63) is 76.4 Å². The van der Waals surface area contributed by atoms with E-state index in [0.717, 1.165) is 0 Å². The summed E-state index contributed by atoms with van der Waals surface area (Å²) in [6, 6.07) is 10.6. The zero-order valence-corrected chi connectivity index (χ0v) is 14.1. The number of benzene rings is 2. The van der Waals surface area contributed by atoms with Gasteiger partial charge in [0.05, 0.1) is 15.7 Å². The Kier molecular flexibility index (Phi) is 5.11. The van der Waals surface area contributed by atoms with Crippen molar-refractivity contribution >= 4 is 34.8 Å². The third-order valence-corrected chi connectivity index (χ3v) is 3.79. The van der Waals surface area contributed by atoms with Gasteiger partial charge in [-0.25, -0.2) is 14.4 Å². The lowest BCUT2D eigenvalue weighted by molar-refractivity contribution is 0.102. The molecule has 0 aliphatic carbocycles. The maximum absolute atomic E-state index is 13.8. The molecule has 3 aromatic rings. The van der Waals surface area contributed by atoms with Crippen molar-refractivity contribution in [1.29, 1.82) is 0 Å². The van der Waals surface area contributed by atoms with Crippen LogP contribution in [0.15, 0.2) is 55.0 Å². The van der Waals surface area contributed by atoms with Gasteiger partial charge in [-0.05, 0) is 24.3 Å². The summed E-state index contributed by atoms with van der Waals surface area (Å²) < 4.78 is 19.2. The topological polar surface area (TPSA) is 64.1 Å². The first-order chi connectivity index (χ1) is 12.1. The standard InChI is InChI=1S/C17H10Cl2FN3O2/c18-11-4-3-5-12(19)15(11)23-16(24)10-8-21-9-22-17(10)25-14-7-2-1-6-13(14)20/h1-9H,(H,23,24). The molecule has 1 aromatic heterocycles. The number of aromatic nitrogens is 2. The molecule has 1 amide bonds. The molecule has 126 valence electrons. The SMILES string of the molecule is O=C(Nc1c(Cl)cccc1Cl)c1cncnc1Oc1ccccc1F. The minimum Gasteiger partial charge on any atom is -0.435 e. The molecule has 0 saturated carbocycles. The number of rotatable bonds is 4. The molecule has 0 spiro atoms. The third kappa shape index (κ3) is 3.87. The first-order valence-corrected chi connectivity index (χ1v) is 7.79. The lowest BCUT2D eigenvalue weighted by Gasteiger charge is -2.12. The second-order valence-electron chi connectivity index (χ2n) is 4.82. The van der Waals surface area contributed by atoms with Gasteiger partial charge in [0.1, 0.15) is 11.9 Å². The van der Waals surface area contributed by atoms with Crippen LogP contribution in [0.3, 0.4) is 0 Å². The number of anilines is 1. The van der Waals surface area contributed by atoms with Crippen LogP contribution in [0.25, 0.3) is 0 Å². The van der Waals surface area contributed by atoms with Gasteiger partial charge >= 0.3 is 0 Å². The van der Waals surface area contributed by atoms with Gasteiger partial charge in [-0.1, -0.05) is 41.4 Å². The van der Waals surface area contributed by atoms with Crippen molar-refractivity contribution in [2.24, 2.45) is 0 Å². The molecule has 0 saturated heterocycles. The largest absolute Gasteiger partial charge is 0.435 e. The van der Waals surface area contributed by atoms with Crippen LogP contribution in [0.1, 0.15) is 10.4 Å². The number of nitrogens with zero attached hydrogens (tertiary/aromatic N) is 2. The van der Waals surface area contributed by atoms with E-state index in [1.807, 2.05) is 0 Å². The molecule has 0 bridgehead atoms. The molecule has 0 fully saturated rings. The Hall–Kier alpha value is -2.70. The number of para-hydroxylation sites is 2. The van der Waals surface area contributed by atoms with Crippen LogP contribution in [0.4, 0.5) is 10.1 Å². The minimum atomic E-state index is -0.595. The molecular weight excluding hydrogens is 368 g/mol. The molecule has 0 radical (unpaired) electrons. The van der Waals surface area contributed by atoms with Gasteiger partial charge in [0, 0.05) is 6.20 Å².